The molecule has 0 fully saturated rings. The molecule has 0 aliphatic carbocycles. The van der Waals surface area contributed by atoms with Gasteiger partial charge in [0.25, 0.3) is 0 Å². The van der Waals surface area contributed by atoms with Crippen molar-refractivity contribution in [2.45, 2.75) is 13.8 Å². The Bertz CT molecular complexity index is 342. The second kappa shape index (κ2) is 4.56. The largest absolute Gasteiger partial charge is 0.477 e. The highest BCUT2D eigenvalue weighted by atomic mass is 16.4. The highest BCUT2D eigenvalue weighted by Crippen LogP contribution is 2.12. The number of hydrogen-bond donors (Lipinski definition) is 1. The van der Waals surface area contributed by atoms with Crippen LogP contribution in [0, 0.1) is 5.92 Å². The molecule has 1 aromatic rings. The molecule has 0 bridgehead atoms. The maximum absolute atomic E-state index is 10.8. The third-order valence-corrected chi connectivity index (χ3v) is 1.77. The van der Waals surface area contributed by atoms with Crippen LogP contribution in [0.4, 0.5) is 5.69 Å². The lowest BCUT2D eigenvalue weighted by molar-refractivity contribution is -0.129. The van der Waals surface area contributed by atoms with Crippen LogP contribution in [0.25, 0.3) is 0 Å². The van der Waals surface area contributed by atoms with Gasteiger partial charge in [0.05, 0.1) is 5.69 Å². The van der Waals surface area contributed by atoms with Gasteiger partial charge in [-0.2, -0.15) is 0 Å². The summed E-state index contributed by atoms with van der Waals surface area (Å²) in [4.78, 5) is 14.9. The molecule has 0 atom stereocenters. The molecule has 1 N–H and O–H groups in total. The summed E-state index contributed by atoms with van der Waals surface area (Å²) in [5.74, 6) is -1.03. The van der Waals surface area contributed by atoms with E-state index in [-0.39, 0.29) is 11.6 Å². The Kier molecular flexibility index (Phi) is 3.40. The first-order valence-corrected chi connectivity index (χ1v) is 4.48. The van der Waals surface area contributed by atoms with Gasteiger partial charge in [0.1, 0.15) is 5.71 Å². The predicted octanol–water partition coefficient (Wildman–Crippen LogP) is 2.50. The molecule has 0 unspecified atom stereocenters. The molecule has 3 heteroatoms. The van der Waals surface area contributed by atoms with Crippen molar-refractivity contribution in [3.05, 3.63) is 30.3 Å². The topological polar surface area (TPSA) is 49.7 Å². The van der Waals surface area contributed by atoms with Crippen molar-refractivity contribution >= 4 is 17.4 Å². The smallest absolute Gasteiger partial charge is 0.350 e. The molecule has 0 aliphatic rings. The highest BCUT2D eigenvalue weighted by molar-refractivity contribution is 6.36. The van der Waals surface area contributed by atoms with Crippen molar-refractivity contribution in [3.8, 4) is 0 Å². The molecular weight excluding hydrogens is 178 g/mol. The van der Waals surface area contributed by atoms with Crippen molar-refractivity contribution in [1.82, 2.24) is 0 Å². The SMILES string of the molecule is CC(C)C(=Nc1ccccc1)C(=O)O. The fourth-order valence-corrected chi connectivity index (χ4v) is 1.07. The standard InChI is InChI=1S/C11H13NO2/c1-8(2)10(11(13)14)12-9-6-4-3-5-7-9/h3-8H,1-2H3,(H,13,14). The molecule has 3 nitrogen and oxygen atoms in total. The summed E-state index contributed by atoms with van der Waals surface area (Å²) in [7, 11) is 0. The second-order valence-corrected chi connectivity index (χ2v) is 3.29. The molecule has 1 aromatic carbocycles. The molecule has 0 saturated carbocycles. The number of benzene rings is 1. The molecule has 14 heavy (non-hydrogen) atoms. The maximum atomic E-state index is 10.8. The molecule has 0 aliphatic heterocycles. The Hall–Kier alpha value is -1.64. The average Bonchev–Trinajstić information content (AvgIpc) is 2.15. The number of carboxylic acid groups (broad SMARTS) is 1. The molecule has 74 valence electrons. The van der Waals surface area contributed by atoms with E-state index in [1.54, 1.807) is 12.1 Å². The first kappa shape index (κ1) is 10.4. The van der Waals surface area contributed by atoms with Crippen LogP contribution in [-0.2, 0) is 4.79 Å². The van der Waals surface area contributed by atoms with Gasteiger partial charge in [-0.15, -0.1) is 0 Å². The number of aliphatic carboxylic acids is 1. The van der Waals surface area contributed by atoms with Crippen molar-refractivity contribution in [3.63, 3.8) is 0 Å². The summed E-state index contributed by atoms with van der Waals surface area (Å²) in [6, 6.07) is 9.10. The number of para-hydroxylation sites is 1. The molecule has 0 radical (unpaired) electrons. The quantitative estimate of drug-likeness (QED) is 0.746. The minimum atomic E-state index is -0.955. The molecule has 0 aromatic heterocycles. The molecule has 0 spiro atoms. The number of nitrogens with zero attached hydrogens (tertiary/aromatic N) is 1. The Morgan fingerprint density at radius 3 is 2.29 bits per heavy atom. The van der Waals surface area contributed by atoms with Crippen LogP contribution in [0.5, 0.6) is 0 Å². The highest BCUT2D eigenvalue weighted by Gasteiger charge is 2.13. The first-order valence-electron chi connectivity index (χ1n) is 4.48. The summed E-state index contributed by atoms with van der Waals surface area (Å²) >= 11 is 0. The van der Waals surface area contributed by atoms with E-state index in [1.165, 1.54) is 0 Å². The van der Waals surface area contributed by atoms with E-state index in [9.17, 15) is 4.79 Å². The van der Waals surface area contributed by atoms with Gasteiger partial charge in [0.15, 0.2) is 0 Å². The van der Waals surface area contributed by atoms with Gasteiger partial charge in [-0.05, 0) is 12.1 Å². The number of carbonyl (C=O) groups is 1. The van der Waals surface area contributed by atoms with Crippen LogP contribution in [0.3, 0.4) is 0 Å². The van der Waals surface area contributed by atoms with Crippen molar-refractivity contribution < 1.29 is 9.90 Å². The molecular formula is C11H13NO2. The Morgan fingerprint density at radius 1 is 1.29 bits per heavy atom. The van der Waals surface area contributed by atoms with E-state index in [0.29, 0.717) is 5.69 Å². The number of carboxylic acids is 1. The lowest BCUT2D eigenvalue weighted by Gasteiger charge is -2.04. The Balaban J connectivity index is 3.00. The lowest BCUT2D eigenvalue weighted by Crippen LogP contribution is -2.18. The van der Waals surface area contributed by atoms with Gasteiger partial charge in [0, 0.05) is 5.92 Å². The zero-order chi connectivity index (χ0) is 10.6. The third kappa shape index (κ3) is 2.69. The zero-order valence-corrected chi connectivity index (χ0v) is 8.27. The Labute approximate surface area is 83.1 Å². The number of hydrogen-bond acceptors (Lipinski definition) is 2. The number of rotatable bonds is 3. The van der Waals surface area contributed by atoms with Crippen LogP contribution in [0.2, 0.25) is 0 Å². The summed E-state index contributed by atoms with van der Waals surface area (Å²) < 4.78 is 0. The van der Waals surface area contributed by atoms with Crippen LogP contribution < -0.4 is 0 Å². The minimum Gasteiger partial charge on any atom is -0.477 e. The van der Waals surface area contributed by atoms with Crippen LogP contribution >= 0.6 is 0 Å². The minimum absolute atomic E-state index is 0.0762. The van der Waals surface area contributed by atoms with Crippen LogP contribution in [0.1, 0.15) is 13.8 Å². The van der Waals surface area contributed by atoms with Gasteiger partial charge >= 0.3 is 5.97 Å². The van der Waals surface area contributed by atoms with Gasteiger partial charge in [0.2, 0.25) is 0 Å². The first-order chi connectivity index (χ1) is 6.61. The molecule has 1 rings (SSSR count). The maximum Gasteiger partial charge on any atom is 0.350 e. The number of aliphatic imine (C=N–C) groups is 1. The van der Waals surface area contributed by atoms with Crippen molar-refractivity contribution in [2.75, 3.05) is 0 Å². The van der Waals surface area contributed by atoms with E-state index < -0.39 is 5.97 Å². The fraction of sp³-hybridized carbons (Fsp3) is 0.273. The summed E-state index contributed by atoms with van der Waals surface area (Å²) in [6.45, 7) is 3.63. The zero-order valence-electron chi connectivity index (χ0n) is 8.27. The van der Waals surface area contributed by atoms with Crippen molar-refractivity contribution in [2.24, 2.45) is 10.9 Å². The molecule has 0 heterocycles. The van der Waals surface area contributed by atoms with E-state index in [2.05, 4.69) is 4.99 Å². The lowest BCUT2D eigenvalue weighted by atomic mass is 10.1. The summed E-state index contributed by atoms with van der Waals surface area (Å²) in [5, 5.41) is 8.87. The van der Waals surface area contributed by atoms with Gasteiger partial charge < -0.3 is 5.11 Å². The molecule has 0 saturated heterocycles. The average molecular weight is 191 g/mol. The van der Waals surface area contributed by atoms with E-state index in [1.807, 2.05) is 32.0 Å². The summed E-state index contributed by atoms with van der Waals surface area (Å²) in [5.41, 5.74) is 0.870. The predicted molar refractivity (Wildman–Crippen MR) is 56.0 cm³/mol. The monoisotopic (exact) mass is 191 g/mol. The van der Waals surface area contributed by atoms with E-state index in [0.717, 1.165) is 0 Å². The molecule has 0 amide bonds. The Morgan fingerprint density at radius 2 is 1.86 bits per heavy atom. The summed E-state index contributed by atoms with van der Waals surface area (Å²) in [6.07, 6.45) is 0. The normalized spacial score (nSPS) is 11.8. The van der Waals surface area contributed by atoms with E-state index in [4.69, 9.17) is 5.11 Å². The van der Waals surface area contributed by atoms with Crippen molar-refractivity contribution in [1.29, 1.82) is 0 Å². The second-order valence-electron chi connectivity index (χ2n) is 3.29. The van der Waals surface area contributed by atoms with Crippen LogP contribution in [-0.4, -0.2) is 16.8 Å². The van der Waals surface area contributed by atoms with Crippen LogP contribution in [0.15, 0.2) is 35.3 Å². The van der Waals surface area contributed by atoms with Gasteiger partial charge in [-0.25, -0.2) is 9.79 Å². The fourth-order valence-electron chi connectivity index (χ4n) is 1.07. The van der Waals surface area contributed by atoms with E-state index >= 15 is 0 Å². The van der Waals surface area contributed by atoms with Gasteiger partial charge in [-0.1, -0.05) is 32.0 Å². The third-order valence-electron chi connectivity index (χ3n) is 1.77. The van der Waals surface area contributed by atoms with Gasteiger partial charge in [-0.3, -0.25) is 0 Å².